The molecule has 24 heavy (non-hydrogen) atoms. The third-order valence-electron chi connectivity index (χ3n) is 3.98. The first-order valence-corrected chi connectivity index (χ1v) is 9.89. The van der Waals surface area contributed by atoms with Crippen molar-refractivity contribution in [3.05, 3.63) is 5.21 Å². The molecule has 1 aromatic heterocycles. The maximum atomic E-state index is 13.4. The predicted molar refractivity (Wildman–Crippen MR) is 92.4 cm³/mol. The van der Waals surface area contributed by atoms with Gasteiger partial charge in [0.05, 0.1) is 6.54 Å². The molecule has 0 spiro atoms. The van der Waals surface area contributed by atoms with Crippen LogP contribution in [0.25, 0.3) is 0 Å². The summed E-state index contributed by atoms with van der Waals surface area (Å²) >= 11 is 2.88. The highest BCUT2D eigenvalue weighted by atomic mass is 32.2. The fourth-order valence-electron chi connectivity index (χ4n) is 2.79. The van der Waals surface area contributed by atoms with E-state index in [-0.39, 0.29) is 6.67 Å². The molecule has 134 valence electrons. The topological polar surface area (TPSA) is 87.6 Å². The molecule has 2 aliphatic heterocycles. The van der Waals surface area contributed by atoms with Gasteiger partial charge in [0, 0.05) is 12.4 Å². The molecule has 2 fully saturated rings. The van der Waals surface area contributed by atoms with E-state index >= 15 is 0 Å². The summed E-state index contributed by atoms with van der Waals surface area (Å²) in [4.78, 5) is 14.1. The van der Waals surface area contributed by atoms with Crippen LogP contribution in [0.5, 0.6) is 0 Å². The lowest BCUT2D eigenvalue weighted by Gasteiger charge is -2.38. The van der Waals surface area contributed by atoms with Crippen LogP contribution in [0.15, 0.2) is 4.34 Å². The molecule has 3 rings (SSSR count). The number of likely N-dealkylation sites (N-methyl/N-ethyl adjacent to an activating group) is 1. The quantitative estimate of drug-likeness (QED) is 0.322. The number of carbonyl (C=O) groups is 1. The second-order valence-electron chi connectivity index (χ2n) is 6.07. The number of carbonyl (C=O) groups excluding carboxylic acids is 1. The molecule has 3 heterocycles. The third kappa shape index (κ3) is 3.73. The Balaban J connectivity index is 1.72. The number of thioether (sulfide) groups is 1. The Labute approximate surface area is 149 Å². The Morgan fingerprint density at radius 3 is 3.12 bits per heavy atom. The Bertz CT molecular complexity index is 581. The smallest absolute Gasteiger partial charge is 0.339 e. The normalized spacial score (nSPS) is 30.8. The van der Waals surface area contributed by atoms with Gasteiger partial charge in [-0.25, -0.2) is 9.69 Å². The van der Waals surface area contributed by atoms with E-state index in [2.05, 4.69) is 17.1 Å². The summed E-state index contributed by atoms with van der Waals surface area (Å²) in [5.41, 5.74) is 0. The Kier molecular flexibility index (Phi) is 5.73. The second-order valence-corrected chi connectivity index (χ2v) is 8.37. The van der Waals surface area contributed by atoms with Crippen molar-refractivity contribution in [2.45, 2.75) is 42.9 Å². The van der Waals surface area contributed by atoms with E-state index in [1.165, 1.54) is 11.3 Å². The average Bonchev–Trinajstić information content (AvgIpc) is 3.27. The molecule has 0 radical (unpaired) electrons. The van der Waals surface area contributed by atoms with Crippen LogP contribution in [0.4, 0.5) is 5.13 Å². The highest BCUT2D eigenvalue weighted by Crippen LogP contribution is 2.37. The monoisotopic (exact) mass is 374 g/mol. The molecule has 0 aromatic carbocycles. The van der Waals surface area contributed by atoms with Crippen LogP contribution in [0.3, 0.4) is 0 Å². The van der Waals surface area contributed by atoms with Crippen LogP contribution in [0.1, 0.15) is 26.2 Å². The van der Waals surface area contributed by atoms with Gasteiger partial charge in [-0.1, -0.05) is 23.8 Å². The van der Waals surface area contributed by atoms with Gasteiger partial charge in [-0.15, -0.1) is 5.10 Å². The minimum absolute atomic E-state index is 0.191. The highest BCUT2D eigenvalue weighted by Gasteiger charge is 2.46. The highest BCUT2D eigenvalue weighted by molar-refractivity contribution is 8.01. The predicted octanol–water partition coefficient (Wildman–Crippen LogP) is 1.80. The second kappa shape index (κ2) is 7.63. The molecule has 2 aliphatic rings. The number of hydrogen-bond acceptors (Lipinski definition) is 9. The minimum Gasteiger partial charge on any atom is -0.622 e. The number of hydroxylamine groups is 2. The van der Waals surface area contributed by atoms with Crippen LogP contribution < -0.4 is 4.65 Å². The van der Waals surface area contributed by atoms with Gasteiger partial charge in [0.15, 0.2) is 10.4 Å². The molecule has 1 aromatic rings. The maximum absolute atomic E-state index is 13.4. The van der Waals surface area contributed by atoms with E-state index < -0.39 is 22.9 Å². The van der Waals surface area contributed by atoms with Crippen LogP contribution in [-0.4, -0.2) is 66.0 Å². The summed E-state index contributed by atoms with van der Waals surface area (Å²) in [6, 6.07) is 0. The number of hydrogen-bond donors (Lipinski definition) is 0. The van der Waals surface area contributed by atoms with Crippen molar-refractivity contribution in [3.8, 4) is 0 Å². The summed E-state index contributed by atoms with van der Waals surface area (Å²) in [6.07, 6.45) is 1.15. The Morgan fingerprint density at radius 2 is 2.42 bits per heavy atom. The number of rotatable bonds is 6. The van der Waals surface area contributed by atoms with E-state index in [0.29, 0.717) is 24.7 Å². The van der Waals surface area contributed by atoms with E-state index in [4.69, 9.17) is 9.47 Å². The van der Waals surface area contributed by atoms with E-state index in [0.717, 1.165) is 22.9 Å². The lowest BCUT2D eigenvalue weighted by atomic mass is 10.2. The molecule has 10 heteroatoms. The number of ether oxygens (including phenoxy) is 2. The molecule has 0 saturated carbocycles. The first-order valence-electron chi connectivity index (χ1n) is 8.09. The van der Waals surface area contributed by atoms with Crippen molar-refractivity contribution in [1.29, 1.82) is 0 Å². The zero-order valence-electron chi connectivity index (χ0n) is 13.8. The van der Waals surface area contributed by atoms with Gasteiger partial charge in [-0.05, 0) is 37.6 Å². The Hall–Kier alpha value is -0.780. The lowest BCUT2D eigenvalue weighted by molar-refractivity contribution is -0.164. The molecule has 3 atom stereocenters. The number of aromatic nitrogens is 2. The van der Waals surface area contributed by atoms with Gasteiger partial charge < -0.3 is 14.7 Å². The van der Waals surface area contributed by atoms with Crippen molar-refractivity contribution in [2.75, 3.05) is 32.6 Å². The fourth-order valence-corrected chi connectivity index (χ4v) is 4.62. The molecular weight excluding hydrogens is 352 g/mol. The van der Waals surface area contributed by atoms with Crippen molar-refractivity contribution < 1.29 is 14.3 Å². The first-order chi connectivity index (χ1) is 11.5. The average molecular weight is 374 g/mol. The van der Waals surface area contributed by atoms with Crippen molar-refractivity contribution in [1.82, 2.24) is 19.7 Å². The summed E-state index contributed by atoms with van der Waals surface area (Å²) in [6.45, 7) is 3.22. The van der Waals surface area contributed by atoms with Crippen LogP contribution in [-0.2, 0) is 14.3 Å². The van der Waals surface area contributed by atoms with Crippen LogP contribution in [0.2, 0.25) is 0 Å². The van der Waals surface area contributed by atoms with Gasteiger partial charge in [0.25, 0.3) is 6.23 Å². The zero-order chi connectivity index (χ0) is 17.2. The molecule has 0 amide bonds. The molecular formula is C14H22N4O4S2. The van der Waals surface area contributed by atoms with E-state index in [9.17, 15) is 10.0 Å². The molecule has 0 bridgehead atoms. The summed E-state index contributed by atoms with van der Waals surface area (Å²) in [5.74, 6) is 0.487. The maximum Gasteiger partial charge on any atom is 0.339 e. The van der Waals surface area contributed by atoms with Crippen molar-refractivity contribution in [2.24, 2.45) is 0 Å². The Morgan fingerprint density at radius 1 is 1.58 bits per heavy atom. The molecule has 0 aliphatic carbocycles. The van der Waals surface area contributed by atoms with E-state index in [1.807, 2.05) is 11.9 Å². The van der Waals surface area contributed by atoms with Crippen LogP contribution >= 0.6 is 23.1 Å². The van der Waals surface area contributed by atoms with Gasteiger partial charge in [-0.2, -0.15) is 0 Å². The zero-order valence-corrected chi connectivity index (χ0v) is 15.5. The molecule has 8 nitrogen and oxygen atoms in total. The van der Waals surface area contributed by atoms with Crippen LogP contribution in [0, 0.1) is 5.21 Å². The first kappa shape index (κ1) is 18.0. The lowest BCUT2D eigenvalue weighted by Crippen LogP contribution is -2.51. The molecule has 2 saturated heterocycles. The van der Waals surface area contributed by atoms with Gasteiger partial charge in [-0.3, -0.25) is 4.65 Å². The third-order valence-corrected chi connectivity index (χ3v) is 6.35. The fraction of sp³-hybridized carbons (Fsp3) is 0.786. The standard InChI is InChI=1S/C14H22N4O4S2/c1-3-7-23-14-16-15-13(24-14)18(20)9-17(2)8-11(18)22-12(19)10-5-4-6-21-10/h10-11H,3-9H2,1-2H3. The SMILES string of the molecule is CCCSc1nnc([N+]2([O-])CN(C)CC2OC(=O)C2CCCO2)s1. The minimum atomic E-state index is -0.830. The summed E-state index contributed by atoms with van der Waals surface area (Å²) in [5, 5.41) is 21.9. The van der Waals surface area contributed by atoms with Gasteiger partial charge >= 0.3 is 11.1 Å². The van der Waals surface area contributed by atoms with Gasteiger partial charge in [0.1, 0.15) is 6.67 Å². The van der Waals surface area contributed by atoms with Gasteiger partial charge in [0.2, 0.25) is 0 Å². The molecule has 3 unspecified atom stereocenters. The summed E-state index contributed by atoms with van der Waals surface area (Å²) in [7, 11) is 1.83. The number of quaternary nitrogens is 1. The number of esters is 1. The van der Waals surface area contributed by atoms with Crippen molar-refractivity contribution >= 4 is 34.2 Å². The summed E-state index contributed by atoms with van der Waals surface area (Å²) < 4.78 is 10.8. The van der Waals surface area contributed by atoms with E-state index in [1.54, 1.807) is 11.8 Å². The molecule has 0 N–H and O–H groups in total. The largest absolute Gasteiger partial charge is 0.622 e. The van der Waals surface area contributed by atoms with Crippen molar-refractivity contribution in [3.63, 3.8) is 0 Å². The number of nitrogens with zero attached hydrogens (tertiary/aromatic N) is 4.